The number of aromatic amines is 1. The van der Waals surface area contributed by atoms with Crippen molar-refractivity contribution in [2.45, 2.75) is 26.3 Å². The maximum Gasteiger partial charge on any atom is 0.322 e. The molecule has 0 spiro atoms. The number of amides is 2. The van der Waals surface area contributed by atoms with Crippen LogP contribution in [0.4, 0.5) is 14.9 Å². The number of anilines is 1. The van der Waals surface area contributed by atoms with Crippen molar-refractivity contribution in [1.82, 2.24) is 9.88 Å². The minimum atomic E-state index is -0.364. The molecule has 3 aromatic carbocycles. The van der Waals surface area contributed by atoms with Crippen molar-refractivity contribution >= 4 is 34.2 Å². The molecule has 0 fully saturated rings. The summed E-state index contributed by atoms with van der Waals surface area (Å²) in [4.78, 5) is 18.7. The highest BCUT2D eigenvalue weighted by Crippen LogP contribution is 2.39. The SMILES string of the molecule is Cc1ccc(NC(=O)N2CCc3c([nH]c4ccc(Cl)cc34)C2c2ccc(F)cc2)cc1C. The van der Waals surface area contributed by atoms with E-state index in [0.717, 1.165) is 39.0 Å². The predicted octanol–water partition coefficient (Wildman–Crippen LogP) is 6.76. The number of urea groups is 1. The van der Waals surface area contributed by atoms with Gasteiger partial charge in [-0.1, -0.05) is 29.8 Å². The number of rotatable bonds is 2. The van der Waals surface area contributed by atoms with E-state index in [0.29, 0.717) is 18.0 Å². The van der Waals surface area contributed by atoms with Crippen molar-refractivity contribution in [2.24, 2.45) is 0 Å². The number of hydrogen-bond acceptors (Lipinski definition) is 1. The van der Waals surface area contributed by atoms with Gasteiger partial charge in [0.25, 0.3) is 0 Å². The van der Waals surface area contributed by atoms with Crippen molar-refractivity contribution in [3.8, 4) is 0 Å². The first kappa shape index (κ1) is 20.6. The Balaban J connectivity index is 1.57. The van der Waals surface area contributed by atoms with Crippen molar-refractivity contribution in [1.29, 1.82) is 0 Å². The largest absolute Gasteiger partial charge is 0.356 e. The Hall–Kier alpha value is -3.31. The zero-order valence-electron chi connectivity index (χ0n) is 17.9. The number of H-pyrrole nitrogens is 1. The number of fused-ring (bicyclic) bond motifs is 3. The molecule has 162 valence electrons. The van der Waals surface area contributed by atoms with Gasteiger partial charge < -0.3 is 15.2 Å². The van der Waals surface area contributed by atoms with Crippen LogP contribution < -0.4 is 5.32 Å². The normalized spacial score (nSPS) is 15.6. The second-order valence-corrected chi connectivity index (χ2v) is 8.77. The third-order valence-corrected chi connectivity index (χ3v) is 6.53. The van der Waals surface area contributed by atoms with E-state index >= 15 is 0 Å². The fourth-order valence-electron chi connectivity index (χ4n) is 4.49. The van der Waals surface area contributed by atoms with E-state index in [1.54, 1.807) is 12.1 Å². The highest BCUT2D eigenvalue weighted by molar-refractivity contribution is 6.31. The zero-order chi connectivity index (χ0) is 22.4. The van der Waals surface area contributed by atoms with Gasteiger partial charge in [0.2, 0.25) is 0 Å². The molecule has 4 aromatic rings. The number of nitrogens with zero attached hydrogens (tertiary/aromatic N) is 1. The van der Waals surface area contributed by atoms with Crippen molar-refractivity contribution in [2.75, 3.05) is 11.9 Å². The summed E-state index contributed by atoms with van der Waals surface area (Å²) in [6.45, 7) is 4.60. The van der Waals surface area contributed by atoms with Crippen LogP contribution in [-0.4, -0.2) is 22.5 Å². The molecule has 2 amide bonds. The van der Waals surface area contributed by atoms with Crippen molar-refractivity contribution in [3.05, 3.63) is 99.5 Å². The Kier molecular flexibility index (Phi) is 5.14. The van der Waals surface area contributed by atoms with Gasteiger partial charge in [0, 0.05) is 33.9 Å². The van der Waals surface area contributed by atoms with E-state index in [-0.39, 0.29) is 17.9 Å². The summed E-state index contributed by atoms with van der Waals surface area (Å²) in [5.74, 6) is -0.306. The maximum absolute atomic E-state index is 13.7. The number of hydrogen-bond donors (Lipinski definition) is 2. The summed E-state index contributed by atoms with van der Waals surface area (Å²) in [5.41, 5.74) is 6.95. The molecule has 1 unspecified atom stereocenters. The van der Waals surface area contributed by atoms with Crippen LogP contribution in [0.2, 0.25) is 5.02 Å². The van der Waals surface area contributed by atoms with Gasteiger partial charge in [-0.05, 0) is 85.0 Å². The molecule has 0 saturated carbocycles. The number of benzene rings is 3. The lowest BCUT2D eigenvalue weighted by molar-refractivity contribution is 0.193. The van der Waals surface area contributed by atoms with Gasteiger partial charge in [0.15, 0.2) is 0 Å². The molecule has 6 heteroatoms. The number of carbonyl (C=O) groups excluding carboxylic acids is 1. The Morgan fingerprint density at radius 2 is 1.84 bits per heavy atom. The van der Waals surface area contributed by atoms with Gasteiger partial charge in [-0.15, -0.1) is 0 Å². The van der Waals surface area contributed by atoms with Crippen molar-refractivity contribution < 1.29 is 9.18 Å². The molecule has 0 radical (unpaired) electrons. The fourth-order valence-corrected chi connectivity index (χ4v) is 4.66. The average Bonchev–Trinajstić information content (AvgIpc) is 3.14. The molecule has 0 aliphatic carbocycles. The predicted molar refractivity (Wildman–Crippen MR) is 127 cm³/mol. The van der Waals surface area contributed by atoms with Gasteiger partial charge in [-0.2, -0.15) is 0 Å². The zero-order valence-corrected chi connectivity index (χ0v) is 18.6. The first-order valence-corrected chi connectivity index (χ1v) is 11.0. The summed E-state index contributed by atoms with van der Waals surface area (Å²) < 4.78 is 13.7. The second-order valence-electron chi connectivity index (χ2n) is 8.33. The van der Waals surface area contributed by atoms with Gasteiger partial charge in [-0.3, -0.25) is 0 Å². The summed E-state index contributed by atoms with van der Waals surface area (Å²) in [6.07, 6.45) is 0.702. The van der Waals surface area contributed by atoms with Gasteiger partial charge in [0.1, 0.15) is 5.82 Å². The molecular weight excluding hydrogens is 425 g/mol. The summed E-state index contributed by atoms with van der Waals surface area (Å²) in [7, 11) is 0. The molecule has 0 saturated heterocycles. The Morgan fingerprint density at radius 1 is 1.06 bits per heavy atom. The first-order chi connectivity index (χ1) is 15.4. The Labute approximate surface area is 191 Å². The summed E-state index contributed by atoms with van der Waals surface area (Å²) in [5, 5.41) is 4.78. The molecule has 1 aromatic heterocycles. The molecule has 1 aliphatic rings. The smallest absolute Gasteiger partial charge is 0.322 e. The molecule has 32 heavy (non-hydrogen) atoms. The number of nitrogens with one attached hydrogen (secondary N) is 2. The summed E-state index contributed by atoms with van der Waals surface area (Å²) in [6, 6.07) is 17.4. The van der Waals surface area contributed by atoms with Gasteiger partial charge >= 0.3 is 6.03 Å². The lowest BCUT2D eigenvalue weighted by Gasteiger charge is -2.36. The van der Waals surface area contributed by atoms with E-state index in [1.165, 1.54) is 17.7 Å². The topological polar surface area (TPSA) is 48.1 Å². The van der Waals surface area contributed by atoms with Crippen molar-refractivity contribution in [3.63, 3.8) is 0 Å². The minimum absolute atomic E-state index is 0.190. The number of aryl methyl sites for hydroxylation is 2. The quantitative estimate of drug-likeness (QED) is 0.350. The fraction of sp³-hybridized carbons (Fsp3) is 0.192. The minimum Gasteiger partial charge on any atom is -0.356 e. The average molecular weight is 448 g/mol. The Bertz CT molecular complexity index is 1330. The van der Waals surface area contributed by atoms with Crippen LogP contribution in [-0.2, 0) is 6.42 Å². The molecule has 1 atom stereocenters. The molecule has 5 rings (SSSR count). The van der Waals surface area contributed by atoms with E-state index in [1.807, 2.05) is 55.1 Å². The van der Waals surface area contributed by atoms with Crippen LogP contribution in [0, 0.1) is 19.7 Å². The maximum atomic E-state index is 13.7. The molecule has 0 bridgehead atoms. The van der Waals surface area contributed by atoms with Crippen LogP contribution in [0.25, 0.3) is 10.9 Å². The lowest BCUT2D eigenvalue weighted by Crippen LogP contribution is -2.43. The second kappa shape index (κ2) is 7.99. The third-order valence-electron chi connectivity index (χ3n) is 6.29. The van der Waals surface area contributed by atoms with Crippen LogP contribution in [0.3, 0.4) is 0 Å². The number of aromatic nitrogens is 1. The molecule has 1 aliphatic heterocycles. The van der Waals surface area contributed by atoms with Crippen LogP contribution in [0.1, 0.15) is 34.0 Å². The molecule has 2 heterocycles. The van der Waals surface area contributed by atoms with E-state index in [9.17, 15) is 9.18 Å². The third kappa shape index (κ3) is 3.63. The highest BCUT2D eigenvalue weighted by atomic mass is 35.5. The van der Waals surface area contributed by atoms with Gasteiger partial charge in [-0.25, -0.2) is 9.18 Å². The van der Waals surface area contributed by atoms with Crippen LogP contribution in [0.15, 0.2) is 60.7 Å². The highest BCUT2D eigenvalue weighted by Gasteiger charge is 2.34. The van der Waals surface area contributed by atoms with Gasteiger partial charge in [0.05, 0.1) is 6.04 Å². The number of halogens is 2. The standard InChI is InChI=1S/C26H23ClFN3O/c1-15-3-9-20(13-16(15)2)29-26(32)31-12-11-21-22-14-18(27)6-10-23(22)30-24(21)25(31)17-4-7-19(28)8-5-17/h3-10,13-14,25,30H,11-12H2,1-2H3,(H,29,32). The van der Waals surface area contributed by atoms with Crippen LogP contribution >= 0.6 is 11.6 Å². The van der Waals surface area contributed by atoms with E-state index in [4.69, 9.17) is 11.6 Å². The molecule has 2 N–H and O–H groups in total. The van der Waals surface area contributed by atoms with E-state index in [2.05, 4.69) is 10.3 Å². The monoisotopic (exact) mass is 447 g/mol. The number of carbonyl (C=O) groups is 1. The Morgan fingerprint density at radius 3 is 2.59 bits per heavy atom. The molecule has 4 nitrogen and oxygen atoms in total. The van der Waals surface area contributed by atoms with E-state index < -0.39 is 0 Å². The first-order valence-electron chi connectivity index (χ1n) is 10.6. The van der Waals surface area contributed by atoms with Crippen LogP contribution in [0.5, 0.6) is 0 Å². The lowest BCUT2D eigenvalue weighted by atomic mass is 9.92. The summed E-state index contributed by atoms with van der Waals surface area (Å²) >= 11 is 6.25. The molecular formula is C26H23ClFN3O.